The van der Waals surface area contributed by atoms with Gasteiger partial charge in [0.1, 0.15) is 5.60 Å². The van der Waals surface area contributed by atoms with E-state index >= 15 is 0 Å². The van der Waals surface area contributed by atoms with Crippen LogP contribution < -0.4 is 0 Å². The summed E-state index contributed by atoms with van der Waals surface area (Å²) in [5, 5.41) is 0. The van der Waals surface area contributed by atoms with E-state index in [9.17, 15) is 9.59 Å². The summed E-state index contributed by atoms with van der Waals surface area (Å²) in [5.74, 6) is -0.0902. The third-order valence-corrected chi connectivity index (χ3v) is 3.24. The minimum absolute atomic E-state index is 0.00579. The van der Waals surface area contributed by atoms with Gasteiger partial charge in [-0.15, -0.1) is 0 Å². The first-order chi connectivity index (χ1) is 8.65. The number of hydrogen-bond acceptors (Lipinski definition) is 3. The zero-order valence-corrected chi connectivity index (χ0v) is 12.5. The normalized spacial score (nSPS) is 23.1. The Labute approximate surface area is 115 Å². The second kappa shape index (κ2) is 5.63. The molecule has 0 unspecified atom stereocenters. The number of carbonyl (C=O) groups excluding carboxylic acids is 2. The van der Waals surface area contributed by atoms with E-state index in [4.69, 9.17) is 4.74 Å². The summed E-state index contributed by atoms with van der Waals surface area (Å²) in [4.78, 5) is 27.0. The van der Waals surface area contributed by atoms with Crippen LogP contribution in [0.25, 0.3) is 0 Å². The Kier molecular flexibility index (Phi) is 4.61. The van der Waals surface area contributed by atoms with Gasteiger partial charge in [-0.1, -0.05) is 6.58 Å². The van der Waals surface area contributed by atoms with Crippen molar-refractivity contribution in [3.63, 3.8) is 0 Å². The molecule has 0 saturated carbocycles. The van der Waals surface area contributed by atoms with Gasteiger partial charge in [-0.05, 0) is 40.2 Å². The second-order valence-corrected chi connectivity index (χ2v) is 6.02. The lowest BCUT2D eigenvalue weighted by Crippen LogP contribution is -2.42. The molecule has 1 aliphatic heterocycles. The average Bonchev–Trinajstić information content (AvgIpc) is 2.67. The minimum atomic E-state index is -0.508. The molecule has 19 heavy (non-hydrogen) atoms. The van der Waals surface area contributed by atoms with Gasteiger partial charge in [0.05, 0.1) is 6.04 Å². The van der Waals surface area contributed by atoms with Gasteiger partial charge in [-0.2, -0.15) is 0 Å². The molecule has 108 valence electrons. The van der Waals surface area contributed by atoms with Crippen LogP contribution in [0.4, 0.5) is 4.79 Å². The fraction of sp³-hybridized carbons (Fsp3) is 0.714. The molecule has 0 aromatic rings. The van der Waals surface area contributed by atoms with Crippen molar-refractivity contribution in [2.75, 3.05) is 13.6 Å². The van der Waals surface area contributed by atoms with Crippen molar-refractivity contribution in [2.24, 2.45) is 0 Å². The second-order valence-electron chi connectivity index (χ2n) is 6.02. The summed E-state index contributed by atoms with van der Waals surface area (Å²) >= 11 is 0. The Balaban J connectivity index is 2.65. The first-order valence-electron chi connectivity index (χ1n) is 6.54. The zero-order chi connectivity index (χ0) is 14.8. The molecule has 5 heteroatoms. The molecule has 1 rings (SSSR count). The van der Waals surface area contributed by atoms with Crippen LogP contribution in [0.15, 0.2) is 12.7 Å². The van der Waals surface area contributed by atoms with Gasteiger partial charge in [-0.25, -0.2) is 4.79 Å². The lowest BCUT2D eigenvalue weighted by molar-refractivity contribution is -0.126. The van der Waals surface area contributed by atoms with Crippen LogP contribution in [0.3, 0.4) is 0 Å². The highest BCUT2D eigenvalue weighted by atomic mass is 16.6. The van der Waals surface area contributed by atoms with Gasteiger partial charge in [0.15, 0.2) is 0 Å². The molecule has 2 amide bonds. The standard InChI is InChI=1S/C14H24N2O3/c1-7-12(17)16-9-11(8-10(16)2)15(6)13(18)19-14(3,4)5/h7,10-11H,1,8-9H2,2-6H3/t10-,11+/m1/s1. The Hall–Kier alpha value is -1.52. The summed E-state index contributed by atoms with van der Waals surface area (Å²) in [6.07, 6.45) is 1.72. The van der Waals surface area contributed by atoms with E-state index in [1.165, 1.54) is 6.08 Å². The molecule has 0 N–H and O–H groups in total. The molecule has 5 nitrogen and oxygen atoms in total. The van der Waals surface area contributed by atoms with E-state index in [1.807, 2.05) is 27.7 Å². The fourth-order valence-electron chi connectivity index (χ4n) is 2.19. The smallest absolute Gasteiger partial charge is 0.410 e. The molecule has 0 radical (unpaired) electrons. The van der Waals surface area contributed by atoms with Crippen LogP contribution >= 0.6 is 0 Å². The zero-order valence-electron chi connectivity index (χ0n) is 12.5. The molecule has 1 fully saturated rings. The maximum absolute atomic E-state index is 12.0. The number of amides is 2. The van der Waals surface area contributed by atoms with Crippen LogP contribution in [0.1, 0.15) is 34.1 Å². The highest BCUT2D eigenvalue weighted by Gasteiger charge is 2.36. The molecule has 2 atom stereocenters. The molecular formula is C14H24N2O3. The Morgan fingerprint density at radius 3 is 2.47 bits per heavy atom. The number of carbonyl (C=O) groups is 2. The van der Waals surface area contributed by atoms with E-state index < -0.39 is 5.60 Å². The van der Waals surface area contributed by atoms with Crippen molar-refractivity contribution < 1.29 is 14.3 Å². The van der Waals surface area contributed by atoms with Crippen LogP contribution in [0.5, 0.6) is 0 Å². The van der Waals surface area contributed by atoms with Crippen LogP contribution in [-0.4, -0.2) is 53.1 Å². The van der Waals surface area contributed by atoms with Crippen molar-refractivity contribution in [2.45, 2.75) is 51.8 Å². The maximum atomic E-state index is 12.0. The lowest BCUT2D eigenvalue weighted by Gasteiger charge is -2.28. The molecular weight excluding hydrogens is 244 g/mol. The predicted octanol–water partition coefficient (Wildman–Crippen LogP) is 2.03. The van der Waals surface area contributed by atoms with Gasteiger partial charge in [0.25, 0.3) is 0 Å². The molecule has 1 aliphatic rings. The minimum Gasteiger partial charge on any atom is -0.444 e. The van der Waals surface area contributed by atoms with Crippen LogP contribution in [0, 0.1) is 0 Å². The van der Waals surface area contributed by atoms with Crippen molar-refractivity contribution in [1.82, 2.24) is 9.80 Å². The summed E-state index contributed by atoms with van der Waals surface area (Å²) in [6, 6.07) is 0.106. The number of likely N-dealkylation sites (tertiary alicyclic amines) is 1. The van der Waals surface area contributed by atoms with Crippen molar-refractivity contribution in [3.05, 3.63) is 12.7 Å². The monoisotopic (exact) mass is 268 g/mol. The van der Waals surface area contributed by atoms with Gasteiger partial charge >= 0.3 is 6.09 Å². The fourth-order valence-corrected chi connectivity index (χ4v) is 2.19. The van der Waals surface area contributed by atoms with Gasteiger partial charge in [0, 0.05) is 19.6 Å². The first-order valence-corrected chi connectivity index (χ1v) is 6.54. The largest absolute Gasteiger partial charge is 0.444 e. The van der Waals surface area contributed by atoms with E-state index in [0.717, 1.165) is 6.42 Å². The maximum Gasteiger partial charge on any atom is 0.410 e. The van der Waals surface area contributed by atoms with Crippen LogP contribution in [0.2, 0.25) is 0 Å². The van der Waals surface area contributed by atoms with E-state index in [0.29, 0.717) is 6.54 Å². The Bertz CT molecular complexity index is 373. The number of nitrogens with zero attached hydrogens (tertiary/aromatic N) is 2. The van der Waals surface area contributed by atoms with Crippen molar-refractivity contribution >= 4 is 12.0 Å². The summed E-state index contributed by atoms with van der Waals surface area (Å²) < 4.78 is 5.33. The molecule has 1 heterocycles. The molecule has 0 aliphatic carbocycles. The summed E-state index contributed by atoms with van der Waals surface area (Å²) in [7, 11) is 1.72. The summed E-state index contributed by atoms with van der Waals surface area (Å²) in [5.41, 5.74) is -0.508. The van der Waals surface area contributed by atoms with Crippen molar-refractivity contribution in [1.29, 1.82) is 0 Å². The third kappa shape index (κ3) is 3.98. The Morgan fingerprint density at radius 2 is 2.00 bits per heavy atom. The summed E-state index contributed by atoms with van der Waals surface area (Å²) in [6.45, 7) is 11.5. The van der Waals surface area contributed by atoms with Gasteiger partial charge in [-0.3, -0.25) is 4.79 Å². The predicted molar refractivity (Wildman–Crippen MR) is 73.8 cm³/mol. The molecule has 1 saturated heterocycles. The molecule has 0 bridgehead atoms. The quantitative estimate of drug-likeness (QED) is 0.720. The van der Waals surface area contributed by atoms with Gasteiger partial charge in [0.2, 0.25) is 5.91 Å². The van der Waals surface area contributed by atoms with Crippen molar-refractivity contribution in [3.8, 4) is 0 Å². The highest BCUT2D eigenvalue weighted by Crippen LogP contribution is 2.22. The molecule has 0 aromatic heterocycles. The number of likely N-dealkylation sites (N-methyl/N-ethyl adjacent to an activating group) is 1. The molecule has 0 spiro atoms. The first kappa shape index (κ1) is 15.5. The Morgan fingerprint density at radius 1 is 1.42 bits per heavy atom. The van der Waals surface area contributed by atoms with E-state index in [1.54, 1.807) is 16.8 Å². The number of rotatable bonds is 2. The highest BCUT2D eigenvalue weighted by molar-refractivity contribution is 5.87. The van der Waals surface area contributed by atoms with Crippen LogP contribution in [-0.2, 0) is 9.53 Å². The van der Waals surface area contributed by atoms with E-state index in [2.05, 4.69) is 6.58 Å². The number of hydrogen-bond donors (Lipinski definition) is 0. The third-order valence-electron chi connectivity index (χ3n) is 3.24. The topological polar surface area (TPSA) is 49.9 Å². The lowest BCUT2D eigenvalue weighted by atomic mass is 10.2. The number of ether oxygens (including phenoxy) is 1. The average molecular weight is 268 g/mol. The molecule has 0 aromatic carbocycles. The van der Waals surface area contributed by atoms with Gasteiger partial charge < -0.3 is 14.5 Å². The SMILES string of the molecule is C=CC(=O)N1C[C@@H](N(C)C(=O)OC(C)(C)C)C[C@H]1C. The van der Waals surface area contributed by atoms with E-state index in [-0.39, 0.29) is 24.1 Å².